The Labute approximate surface area is 161 Å². The molecule has 3 rings (SSSR count). The minimum absolute atomic E-state index is 0.180. The topological polar surface area (TPSA) is 59.1 Å². The SMILES string of the molecule is COC(=O)[C@H](c1ccccc1)N1CC2(CCN(C(=O)OC(C)(C)C)CC2)C1. The van der Waals surface area contributed by atoms with E-state index in [1.54, 1.807) is 4.90 Å². The molecule has 0 unspecified atom stereocenters. The molecule has 1 atom stereocenters. The van der Waals surface area contributed by atoms with Gasteiger partial charge in [0, 0.05) is 26.2 Å². The van der Waals surface area contributed by atoms with Gasteiger partial charge in [-0.15, -0.1) is 0 Å². The Morgan fingerprint density at radius 2 is 1.67 bits per heavy atom. The lowest BCUT2D eigenvalue weighted by molar-refractivity contribution is -0.155. The van der Waals surface area contributed by atoms with Crippen molar-refractivity contribution in [2.24, 2.45) is 5.41 Å². The van der Waals surface area contributed by atoms with E-state index in [-0.39, 0.29) is 23.5 Å². The van der Waals surface area contributed by atoms with Gasteiger partial charge >= 0.3 is 12.1 Å². The molecule has 6 nitrogen and oxygen atoms in total. The van der Waals surface area contributed by atoms with Crippen LogP contribution in [0.1, 0.15) is 45.2 Å². The van der Waals surface area contributed by atoms with Crippen LogP contribution in [0.15, 0.2) is 30.3 Å². The number of nitrogens with zero attached hydrogens (tertiary/aromatic N) is 2. The zero-order valence-corrected chi connectivity index (χ0v) is 16.7. The highest BCUT2D eigenvalue weighted by Gasteiger charge is 2.49. The minimum Gasteiger partial charge on any atom is -0.468 e. The number of carbonyl (C=O) groups excluding carboxylic acids is 2. The van der Waals surface area contributed by atoms with E-state index in [0.717, 1.165) is 31.5 Å². The van der Waals surface area contributed by atoms with Gasteiger partial charge in [-0.1, -0.05) is 30.3 Å². The highest BCUT2D eigenvalue weighted by atomic mass is 16.6. The van der Waals surface area contributed by atoms with Crippen molar-refractivity contribution in [1.82, 2.24) is 9.80 Å². The van der Waals surface area contributed by atoms with Gasteiger partial charge in [0.15, 0.2) is 0 Å². The molecule has 0 N–H and O–H groups in total. The zero-order valence-electron chi connectivity index (χ0n) is 16.7. The quantitative estimate of drug-likeness (QED) is 0.760. The number of methoxy groups -OCH3 is 1. The van der Waals surface area contributed by atoms with Gasteiger partial charge in [0.05, 0.1) is 7.11 Å². The van der Waals surface area contributed by atoms with E-state index in [2.05, 4.69) is 4.90 Å². The highest BCUT2D eigenvalue weighted by molar-refractivity contribution is 5.77. The summed E-state index contributed by atoms with van der Waals surface area (Å²) < 4.78 is 10.5. The lowest BCUT2D eigenvalue weighted by atomic mass is 9.71. The van der Waals surface area contributed by atoms with Crippen LogP contribution in [-0.2, 0) is 14.3 Å². The minimum atomic E-state index is -0.469. The maximum Gasteiger partial charge on any atom is 0.410 e. The second-order valence-corrected chi connectivity index (χ2v) is 8.71. The fraction of sp³-hybridized carbons (Fsp3) is 0.619. The molecule has 0 saturated carbocycles. The van der Waals surface area contributed by atoms with Crippen LogP contribution in [0.25, 0.3) is 0 Å². The average Bonchev–Trinajstić information content (AvgIpc) is 2.60. The van der Waals surface area contributed by atoms with E-state index in [1.165, 1.54) is 7.11 Å². The summed E-state index contributed by atoms with van der Waals surface area (Å²) in [4.78, 5) is 28.6. The van der Waals surface area contributed by atoms with Crippen molar-refractivity contribution in [3.8, 4) is 0 Å². The number of amides is 1. The number of esters is 1. The predicted molar refractivity (Wildman–Crippen MR) is 102 cm³/mol. The smallest absolute Gasteiger partial charge is 0.410 e. The fourth-order valence-electron chi connectivity index (χ4n) is 4.05. The molecule has 2 heterocycles. The standard InChI is InChI=1S/C21H30N2O4/c1-20(2,3)27-19(25)22-12-10-21(11-13-22)14-23(15-21)17(18(24)26-4)16-8-6-5-7-9-16/h5-9,17H,10-15H2,1-4H3/t17-/m0/s1. The second kappa shape index (κ2) is 7.50. The van der Waals surface area contributed by atoms with Crippen molar-refractivity contribution in [3.63, 3.8) is 0 Å². The number of likely N-dealkylation sites (tertiary alicyclic amines) is 2. The van der Waals surface area contributed by atoms with E-state index in [0.29, 0.717) is 13.1 Å². The van der Waals surface area contributed by atoms with Gasteiger partial charge < -0.3 is 14.4 Å². The first-order chi connectivity index (χ1) is 12.7. The van der Waals surface area contributed by atoms with E-state index in [9.17, 15) is 9.59 Å². The van der Waals surface area contributed by atoms with Crippen LogP contribution >= 0.6 is 0 Å². The lowest BCUT2D eigenvalue weighted by Crippen LogP contribution is -2.62. The third-order valence-corrected chi connectivity index (χ3v) is 5.46. The molecule has 2 fully saturated rings. The largest absolute Gasteiger partial charge is 0.468 e. The van der Waals surface area contributed by atoms with E-state index in [4.69, 9.17) is 9.47 Å². The molecule has 2 aliphatic rings. The predicted octanol–water partition coefficient (Wildman–Crippen LogP) is 3.23. The van der Waals surface area contributed by atoms with Crippen molar-refractivity contribution in [2.75, 3.05) is 33.3 Å². The van der Waals surface area contributed by atoms with Crippen LogP contribution < -0.4 is 0 Å². The fourth-order valence-corrected chi connectivity index (χ4v) is 4.05. The summed E-state index contributed by atoms with van der Waals surface area (Å²) in [6.07, 6.45) is 1.64. The second-order valence-electron chi connectivity index (χ2n) is 8.71. The zero-order chi connectivity index (χ0) is 19.7. The number of hydrogen-bond donors (Lipinski definition) is 0. The molecule has 6 heteroatoms. The summed E-state index contributed by atoms with van der Waals surface area (Å²) in [7, 11) is 1.44. The summed E-state index contributed by atoms with van der Waals surface area (Å²) in [6, 6.07) is 9.42. The van der Waals surface area contributed by atoms with Gasteiger partial charge in [0.2, 0.25) is 0 Å². The van der Waals surface area contributed by atoms with Gasteiger partial charge in [-0.05, 0) is 44.6 Å². The third-order valence-electron chi connectivity index (χ3n) is 5.46. The van der Waals surface area contributed by atoms with E-state index < -0.39 is 5.60 Å². The van der Waals surface area contributed by atoms with Crippen LogP contribution in [0.5, 0.6) is 0 Å². The van der Waals surface area contributed by atoms with Crippen molar-refractivity contribution >= 4 is 12.1 Å². The molecule has 1 aromatic rings. The molecule has 27 heavy (non-hydrogen) atoms. The third kappa shape index (κ3) is 4.43. The van der Waals surface area contributed by atoms with Crippen molar-refractivity contribution in [1.29, 1.82) is 0 Å². The molecule has 148 valence electrons. The number of rotatable bonds is 3. The van der Waals surface area contributed by atoms with Crippen LogP contribution in [0.4, 0.5) is 4.79 Å². The summed E-state index contributed by atoms with van der Waals surface area (Å²) >= 11 is 0. The van der Waals surface area contributed by atoms with Crippen LogP contribution in [-0.4, -0.2) is 60.8 Å². The van der Waals surface area contributed by atoms with Crippen LogP contribution in [0, 0.1) is 5.41 Å². The maximum absolute atomic E-state index is 12.4. The van der Waals surface area contributed by atoms with E-state index in [1.807, 2.05) is 51.1 Å². The normalized spacial score (nSPS) is 20.7. The molecular weight excluding hydrogens is 344 g/mol. The molecule has 0 bridgehead atoms. The molecule has 1 spiro atoms. The first-order valence-electron chi connectivity index (χ1n) is 9.58. The molecule has 1 aromatic carbocycles. The molecule has 1 amide bonds. The van der Waals surface area contributed by atoms with Gasteiger partial charge in [-0.3, -0.25) is 4.90 Å². The highest BCUT2D eigenvalue weighted by Crippen LogP contribution is 2.44. The van der Waals surface area contributed by atoms with Crippen molar-refractivity contribution in [2.45, 2.75) is 45.3 Å². The van der Waals surface area contributed by atoms with Gasteiger partial charge in [0.1, 0.15) is 11.6 Å². The van der Waals surface area contributed by atoms with Gasteiger partial charge in [-0.25, -0.2) is 9.59 Å². The summed E-state index contributed by atoms with van der Waals surface area (Å²) in [6.45, 7) is 8.77. The van der Waals surface area contributed by atoms with E-state index >= 15 is 0 Å². The molecule has 0 aromatic heterocycles. The summed E-state index contributed by atoms with van der Waals surface area (Å²) in [5, 5.41) is 0. The Morgan fingerprint density at radius 3 is 2.19 bits per heavy atom. The first kappa shape index (κ1) is 19.7. The molecule has 0 aliphatic carbocycles. The number of carbonyl (C=O) groups is 2. The Kier molecular flexibility index (Phi) is 5.47. The Balaban J connectivity index is 1.58. The number of piperidine rings is 1. The molecule has 2 aliphatic heterocycles. The monoisotopic (exact) mass is 374 g/mol. The maximum atomic E-state index is 12.4. The number of hydrogen-bond acceptors (Lipinski definition) is 5. The van der Waals surface area contributed by atoms with Gasteiger partial charge in [-0.2, -0.15) is 0 Å². The van der Waals surface area contributed by atoms with Crippen LogP contribution in [0.2, 0.25) is 0 Å². The summed E-state index contributed by atoms with van der Waals surface area (Å²) in [5.41, 5.74) is 0.674. The van der Waals surface area contributed by atoms with Crippen molar-refractivity contribution in [3.05, 3.63) is 35.9 Å². The summed E-state index contributed by atoms with van der Waals surface area (Å²) in [5.74, 6) is -0.220. The van der Waals surface area contributed by atoms with Gasteiger partial charge in [0.25, 0.3) is 0 Å². The number of benzene rings is 1. The first-order valence-corrected chi connectivity index (χ1v) is 9.58. The number of ether oxygens (including phenoxy) is 2. The lowest BCUT2D eigenvalue weighted by Gasteiger charge is -2.55. The molecular formula is C21H30N2O4. The molecule has 0 radical (unpaired) electrons. The Hall–Kier alpha value is -2.08. The molecule has 2 saturated heterocycles. The van der Waals surface area contributed by atoms with Crippen LogP contribution in [0.3, 0.4) is 0 Å². The Morgan fingerprint density at radius 1 is 1.07 bits per heavy atom. The average molecular weight is 374 g/mol. The van der Waals surface area contributed by atoms with Crippen molar-refractivity contribution < 1.29 is 19.1 Å². The Bertz CT molecular complexity index is 667.